The van der Waals surface area contributed by atoms with Crippen LogP contribution < -0.4 is 10.7 Å². The monoisotopic (exact) mass is 220 g/mol. The molecule has 0 aliphatic rings. The average molecular weight is 220 g/mol. The van der Waals surface area contributed by atoms with Crippen molar-refractivity contribution in [1.82, 2.24) is 0 Å². The lowest BCUT2D eigenvalue weighted by Gasteiger charge is -2.20. The zero-order valence-electron chi connectivity index (χ0n) is 9.69. The lowest BCUT2D eigenvalue weighted by atomic mass is 9.87. The number of amides is 2. The van der Waals surface area contributed by atoms with Crippen LogP contribution in [0.1, 0.15) is 26.3 Å². The van der Waals surface area contributed by atoms with Crippen molar-refractivity contribution in [2.45, 2.75) is 26.2 Å². The maximum absolute atomic E-state index is 10.9. The molecule has 1 rings (SSSR count). The molecule has 0 unspecified atom stereocenters. The molecule has 0 spiro atoms. The fourth-order valence-corrected chi connectivity index (χ4v) is 1.34. The largest absolute Gasteiger partial charge is 0.350 e. The van der Waals surface area contributed by atoms with Gasteiger partial charge in [-0.15, -0.1) is 0 Å². The summed E-state index contributed by atoms with van der Waals surface area (Å²) in [5, 5.41) is 3.90. The highest BCUT2D eigenvalue weighted by Gasteiger charge is 2.15. The van der Waals surface area contributed by atoms with Crippen molar-refractivity contribution in [2.24, 2.45) is 11.0 Å². The second kappa shape index (κ2) is 4.30. The van der Waals surface area contributed by atoms with Gasteiger partial charge in [0.2, 0.25) is 0 Å². The van der Waals surface area contributed by atoms with E-state index in [0.717, 1.165) is 10.6 Å². The van der Waals surface area contributed by atoms with Crippen molar-refractivity contribution in [3.8, 4) is 0 Å². The minimum Gasteiger partial charge on any atom is -0.350 e. The molecule has 0 atom stereocenters. The number of anilines is 1. The number of hydrogen-bond donors (Lipinski definition) is 2. The van der Waals surface area contributed by atoms with Gasteiger partial charge in [-0.1, -0.05) is 38.1 Å². The molecule has 0 saturated heterocycles. The van der Waals surface area contributed by atoms with E-state index in [-0.39, 0.29) is 5.41 Å². The third-order valence-electron chi connectivity index (χ3n) is 2.29. The van der Waals surface area contributed by atoms with Crippen molar-refractivity contribution in [3.63, 3.8) is 0 Å². The molecule has 0 radical (unpaired) electrons. The van der Waals surface area contributed by atoms with Gasteiger partial charge in [-0.3, -0.25) is 0 Å². The molecule has 16 heavy (non-hydrogen) atoms. The van der Waals surface area contributed by atoms with Gasteiger partial charge in [0.25, 0.3) is 0 Å². The Hall–Kier alpha value is -1.91. The number of nitrogens with zero attached hydrogens (tertiary/aromatic N) is 2. The SMILES string of the molecule is CC(C)(C)c1ccc(N(N=N)C(N)=O)cc1. The predicted molar refractivity (Wildman–Crippen MR) is 62.4 cm³/mol. The van der Waals surface area contributed by atoms with Gasteiger partial charge in [-0.2, -0.15) is 10.5 Å². The lowest BCUT2D eigenvalue weighted by Crippen LogP contribution is -2.30. The Balaban J connectivity index is 3.03. The van der Waals surface area contributed by atoms with Crippen LogP contribution in [0.15, 0.2) is 29.5 Å². The van der Waals surface area contributed by atoms with E-state index in [9.17, 15) is 4.79 Å². The number of rotatable bonds is 2. The molecule has 0 aromatic heterocycles. The zero-order valence-corrected chi connectivity index (χ0v) is 9.69. The van der Waals surface area contributed by atoms with E-state index in [4.69, 9.17) is 11.3 Å². The first kappa shape index (κ1) is 12.2. The zero-order chi connectivity index (χ0) is 12.3. The average Bonchev–Trinajstić information content (AvgIpc) is 2.17. The number of carbonyl (C=O) groups excluding carboxylic acids is 1. The highest BCUT2D eigenvalue weighted by atomic mass is 16.2. The minimum atomic E-state index is -0.765. The van der Waals surface area contributed by atoms with Gasteiger partial charge in [-0.05, 0) is 23.1 Å². The van der Waals surface area contributed by atoms with E-state index in [2.05, 4.69) is 26.0 Å². The summed E-state index contributed by atoms with van der Waals surface area (Å²) >= 11 is 0. The number of nitrogens with one attached hydrogen (secondary N) is 1. The summed E-state index contributed by atoms with van der Waals surface area (Å²) in [7, 11) is 0. The first-order chi connectivity index (χ1) is 7.36. The first-order valence-electron chi connectivity index (χ1n) is 4.93. The van der Waals surface area contributed by atoms with Gasteiger partial charge >= 0.3 is 6.03 Å². The molecule has 86 valence electrons. The first-order valence-corrected chi connectivity index (χ1v) is 4.93. The summed E-state index contributed by atoms with van der Waals surface area (Å²) in [4.78, 5) is 10.9. The normalized spacial score (nSPS) is 10.9. The smallest absolute Gasteiger partial charge is 0.341 e. The van der Waals surface area contributed by atoms with Crippen molar-refractivity contribution in [2.75, 3.05) is 5.01 Å². The third-order valence-corrected chi connectivity index (χ3v) is 2.29. The van der Waals surface area contributed by atoms with Crippen molar-refractivity contribution < 1.29 is 4.79 Å². The molecule has 1 aromatic rings. The predicted octanol–water partition coefficient (Wildman–Crippen LogP) is 2.82. The number of hydrogen-bond acceptors (Lipinski definition) is 3. The molecule has 0 heterocycles. The Morgan fingerprint density at radius 1 is 1.31 bits per heavy atom. The number of urea groups is 1. The van der Waals surface area contributed by atoms with E-state index in [1.165, 1.54) is 0 Å². The maximum atomic E-state index is 10.9. The van der Waals surface area contributed by atoms with Crippen LogP contribution >= 0.6 is 0 Å². The van der Waals surface area contributed by atoms with Crippen LogP contribution in [0.25, 0.3) is 0 Å². The fourth-order valence-electron chi connectivity index (χ4n) is 1.34. The molecule has 3 N–H and O–H groups in total. The Bertz CT molecular complexity index is 391. The molecule has 5 nitrogen and oxygen atoms in total. The molecule has 0 fully saturated rings. The topological polar surface area (TPSA) is 82.5 Å². The maximum Gasteiger partial charge on any atom is 0.341 e. The molecule has 2 amide bonds. The second-order valence-corrected chi connectivity index (χ2v) is 4.55. The summed E-state index contributed by atoms with van der Waals surface area (Å²) in [6.45, 7) is 6.30. The van der Waals surface area contributed by atoms with Crippen LogP contribution in [0.5, 0.6) is 0 Å². The van der Waals surface area contributed by atoms with E-state index in [1.807, 2.05) is 12.1 Å². The van der Waals surface area contributed by atoms with E-state index >= 15 is 0 Å². The van der Waals surface area contributed by atoms with Gasteiger partial charge in [0.05, 0.1) is 5.69 Å². The summed E-state index contributed by atoms with van der Waals surface area (Å²) in [6, 6.07) is 6.48. The minimum absolute atomic E-state index is 0.0498. The summed E-state index contributed by atoms with van der Waals surface area (Å²) in [6.07, 6.45) is 0. The molecular weight excluding hydrogens is 204 g/mol. The Morgan fingerprint density at radius 3 is 2.12 bits per heavy atom. The van der Waals surface area contributed by atoms with Crippen molar-refractivity contribution in [1.29, 1.82) is 5.53 Å². The molecular formula is C11H16N4O. The standard InChI is InChI=1S/C11H16N4O/c1-11(2,3)8-4-6-9(7-5-8)15(14-13)10(12)16/h4-7,13H,1-3H3,(H2,12,16). The van der Waals surface area contributed by atoms with Gasteiger partial charge < -0.3 is 5.73 Å². The number of primary amides is 1. The fraction of sp³-hybridized carbons (Fsp3) is 0.364. The van der Waals surface area contributed by atoms with Crippen LogP contribution in [0.3, 0.4) is 0 Å². The van der Waals surface area contributed by atoms with Crippen molar-refractivity contribution in [3.05, 3.63) is 29.8 Å². The highest BCUT2D eigenvalue weighted by molar-refractivity contribution is 5.89. The van der Waals surface area contributed by atoms with Crippen LogP contribution in [0.2, 0.25) is 0 Å². The summed E-state index contributed by atoms with van der Waals surface area (Å²) in [5.74, 6) is 0. The van der Waals surface area contributed by atoms with Gasteiger partial charge in [0, 0.05) is 0 Å². The molecule has 5 heteroatoms. The van der Waals surface area contributed by atoms with Gasteiger partial charge in [0.15, 0.2) is 0 Å². The highest BCUT2D eigenvalue weighted by Crippen LogP contribution is 2.24. The van der Waals surface area contributed by atoms with E-state index in [1.54, 1.807) is 12.1 Å². The molecule has 0 aliphatic carbocycles. The van der Waals surface area contributed by atoms with Crippen molar-refractivity contribution >= 4 is 11.7 Å². The van der Waals surface area contributed by atoms with Crippen LogP contribution in [-0.4, -0.2) is 6.03 Å². The second-order valence-electron chi connectivity index (χ2n) is 4.55. The lowest BCUT2D eigenvalue weighted by molar-refractivity contribution is 0.253. The molecule has 1 aromatic carbocycles. The Morgan fingerprint density at radius 2 is 1.81 bits per heavy atom. The third kappa shape index (κ3) is 2.56. The Labute approximate surface area is 94.7 Å². The Kier molecular flexibility index (Phi) is 3.27. The molecule has 0 bridgehead atoms. The summed E-state index contributed by atoms with van der Waals surface area (Å²) in [5.41, 5.74) is 13.6. The van der Waals surface area contributed by atoms with Crippen LogP contribution in [-0.2, 0) is 5.41 Å². The number of benzene rings is 1. The van der Waals surface area contributed by atoms with E-state index < -0.39 is 6.03 Å². The van der Waals surface area contributed by atoms with Crippen LogP contribution in [0.4, 0.5) is 10.5 Å². The van der Waals surface area contributed by atoms with Crippen LogP contribution in [0, 0.1) is 5.53 Å². The number of carbonyl (C=O) groups is 1. The van der Waals surface area contributed by atoms with Gasteiger partial charge in [0.1, 0.15) is 0 Å². The summed E-state index contributed by atoms with van der Waals surface area (Å²) < 4.78 is 0. The number of nitrogens with two attached hydrogens (primary N) is 1. The molecule has 0 saturated carbocycles. The molecule has 0 aliphatic heterocycles. The van der Waals surface area contributed by atoms with Gasteiger partial charge in [-0.25, -0.2) is 4.79 Å². The van der Waals surface area contributed by atoms with E-state index in [0.29, 0.717) is 5.69 Å². The quantitative estimate of drug-likeness (QED) is 0.583.